The zero-order valence-corrected chi connectivity index (χ0v) is 12.5. The molecule has 3 rings (SSSR count). The Morgan fingerprint density at radius 1 is 1.30 bits per heavy atom. The normalized spacial score (nSPS) is 21.8. The van der Waals surface area contributed by atoms with E-state index in [0.717, 1.165) is 5.39 Å². The van der Waals surface area contributed by atoms with Gasteiger partial charge in [-0.2, -0.15) is 13.2 Å². The van der Waals surface area contributed by atoms with Gasteiger partial charge in [0.25, 0.3) is 0 Å². The first-order valence-corrected chi connectivity index (χ1v) is 7.24. The number of fused-ring (bicyclic) bond motifs is 1. The van der Waals surface area contributed by atoms with Gasteiger partial charge in [0, 0.05) is 29.9 Å². The van der Waals surface area contributed by atoms with Crippen LogP contribution in [0.2, 0.25) is 0 Å². The van der Waals surface area contributed by atoms with E-state index in [4.69, 9.17) is 5.73 Å². The van der Waals surface area contributed by atoms with E-state index in [9.17, 15) is 18.0 Å². The maximum Gasteiger partial charge on any atom is 0.394 e. The van der Waals surface area contributed by atoms with E-state index in [1.807, 2.05) is 24.3 Å². The van der Waals surface area contributed by atoms with Gasteiger partial charge in [-0.3, -0.25) is 9.78 Å². The average Bonchev–Trinajstić information content (AvgIpc) is 2.91. The van der Waals surface area contributed by atoms with E-state index < -0.39 is 23.9 Å². The molecule has 2 aromatic rings. The van der Waals surface area contributed by atoms with Gasteiger partial charge in [-0.25, -0.2) is 0 Å². The summed E-state index contributed by atoms with van der Waals surface area (Å²) in [7, 11) is 0. The number of primary amides is 1. The Balaban J connectivity index is 2.05. The number of carbonyl (C=O) groups excluding carboxylic acids is 1. The molecule has 0 unspecified atom stereocenters. The molecule has 1 aromatic heterocycles. The number of aryl methyl sites for hydroxylation is 1. The predicted molar refractivity (Wildman–Crippen MR) is 80.9 cm³/mol. The largest absolute Gasteiger partial charge is 0.394 e. The molecule has 0 radical (unpaired) electrons. The van der Waals surface area contributed by atoms with Gasteiger partial charge < -0.3 is 10.6 Å². The summed E-state index contributed by atoms with van der Waals surface area (Å²) in [5.41, 5.74) is 7.28. The molecule has 0 aliphatic carbocycles. The first-order valence-electron chi connectivity index (χ1n) is 7.24. The topological polar surface area (TPSA) is 59.2 Å². The predicted octanol–water partition coefficient (Wildman–Crippen LogP) is 2.64. The fraction of sp³-hybridized carbons (Fsp3) is 0.375. The van der Waals surface area contributed by atoms with Crippen LogP contribution >= 0.6 is 0 Å². The molecule has 2 N–H and O–H groups in total. The molecule has 2 atom stereocenters. The van der Waals surface area contributed by atoms with E-state index in [0.29, 0.717) is 16.9 Å². The lowest BCUT2D eigenvalue weighted by Gasteiger charge is -2.21. The quantitative estimate of drug-likeness (QED) is 0.924. The van der Waals surface area contributed by atoms with Crippen LogP contribution in [-0.2, 0) is 4.79 Å². The monoisotopic (exact) mass is 323 g/mol. The van der Waals surface area contributed by atoms with Crippen molar-refractivity contribution in [1.29, 1.82) is 0 Å². The second kappa shape index (κ2) is 5.40. The van der Waals surface area contributed by atoms with Crippen LogP contribution in [-0.4, -0.2) is 30.2 Å². The summed E-state index contributed by atoms with van der Waals surface area (Å²) >= 11 is 0. The molecular formula is C16H16F3N3O. The van der Waals surface area contributed by atoms with Crippen molar-refractivity contribution in [2.45, 2.75) is 13.1 Å². The minimum Gasteiger partial charge on any atom is -0.369 e. The maximum atomic E-state index is 13.2. The van der Waals surface area contributed by atoms with Crippen LogP contribution in [0.1, 0.15) is 5.69 Å². The van der Waals surface area contributed by atoms with Gasteiger partial charge >= 0.3 is 6.18 Å². The Bertz CT molecular complexity index is 760. The number of pyridine rings is 1. The molecule has 1 fully saturated rings. The van der Waals surface area contributed by atoms with E-state index in [1.165, 1.54) is 0 Å². The molecule has 1 saturated heterocycles. The second-order valence-electron chi connectivity index (χ2n) is 5.86. The number of halogens is 3. The Hall–Kier alpha value is -2.31. The Morgan fingerprint density at radius 2 is 2.00 bits per heavy atom. The summed E-state index contributed by atoms with van der Waals surface area (Å²) in [4.78, 5) is 17.4. The number of benzene rings is 1. The molecule has 2 heterocycles. The highest BCUT2D eigenvalue weighted by molar-refractivity contribution is 5.92. The van der Waals surface area contributed by atoms with Crippen molar-refractivity contribution >= 4 is 22.5 Å². The van der Waals surface area contributed by atoms with Gasteiger partial charge in [-0.15, -0.1) is 0 Å². The van der Waals surface area contributed by atoms with Gasteiger partial charge in [0.05, 0.1) is 17.4 Å². The molecule has 1 aliphatic rings. The molecule has 122 valence electrons. The van der Waals surface area contributed by atoms with Crippen molar-refractivity contribution in [3.8, 4) is 0 Å². The number of aromatic nitrogens is 1. The molecule has 0 spiro atoms. The minimum absolute atomic E-state index is 0.0348. The zero-order valence-electron chi connectivity index (χ0n) is 12.5. The number of hydrogen-bond acceptors (Lipinski definition) is 3. The third-order valence-electron chi connectivity index (χ3n) is 4.27. The van der Waals surface area contributed by atoms with Gasteiger partial charge in [-0.05, 0) is 19.1 Å². The van der Waals surface area contributed by atoms with E-state index >= 15 is 0 Å². The molecule has 4 nitrogen and oxygen atoms in total. The summed E-state index contributed by atoms with van der Waals surface area (Å²) in [5, 5.41) is 0.768. The second-order valence-corrected chi connectivity index (χ2v) is 5.86. The molecule has 1 aromatic carbocycles. The molecule has 0 bridgehead atoms. The molecule has 1 aliphatic heterocycles. The Labute approximate surface area is 131 Å². The summed E-state index contributed by atoms with van der Waals surface area (Å²) in [6.07, 6.45) is -4.45. The highest BCUT2D eigenvalue weighted by Crippen LogP contribution is 2.40. The highest BCUT2D eigenvalue weighted by Gasteiger charge is 2.52. The third-order valence-corrected chi connectivity index (χ3v) is 4.27. The summed E-state index contributed by atoms with van der Waals surface area (Å²) in [6, 6.07) is 9.02. The number of amides is 1. The van der Waals surface area contributed by atoms with E-state index in [-0.39, 0.29) is 13.1 Å². The summed E-state index contributed by atoms with van der Waals surface area (Å²) in [6.45, 7) is 1.48. The van der Waals surface area contributed by atoms with Crippen LogP contribution in [0.15, 0.2) is 30.3 Å². The average molecular weight is 323 g/mol. The first kappa shape index (κ1) is 15.6. The van der Waals surface area contributed by atoms with Crippen LogP contribution in [0.4, 0.5) is 18.9 Å². The number of nitrogens with zero attached hydrogens (tertiary/aromatic N) is 2. The fourth-order valence-corrected chi connectivity index (χ4v) is 3.17. The van der Waals surface area contributed by atoms with Gasteiger partial charge in [0.2, 0.25) is 5.91 Å². The molecule has 7 heteroatoms. The summed E-state index contributed by atoms with van der Waals surface area (Å²) < 4.78 is 39.6. The molecule has 23 heavy (non-hydrogen) atoms. The van der Waals surface area contributed by atoms with Crippen molar-refractivity contribution < 1.29 is 18.0 Å². The molecule has 0 saturated carbocycles. The van der Waals surface area contributed by atoms with Gasteiger partial charge in [0.1, 0.15) is 0 Å². The Morgan fingerprint density at radius 3 is 2.61 bits per heavy atom. The number of carbonyl (C=O) groups is 1. The van der Waals surface area contributed by atoms with Crippen LogP contribution in [0.5, 0.6) is 0 Å². The fourth-order valence-electron chi connectivity index (χ4n) is 3.17. The van der Waals surface area contributed by atoms with E-state index in [1.54, 1.807) is 17.9 Å². The van der Waals surface area contributed by atoms with Crippen LogP contribution < -0.4 is 10.6 Å². The lowest BCUT2D eigenvalue weighted by atomic mass is 9.95. The maximum absolute atomic E-state index is 13.2. The first-order chi connectivity index (χ1) is 10.8. The van der Waals surface area contributed by atoms with Crippen molar-refractivity contribution in [1.82, 2.24) is 4.98 Å². The smallest absolute Gasteiger partial charge is 0.369 e. The van der Waals surface area contributed by atoms with Crippen molar-refractivity contribution in [2.75, 3.05) is 18.0 Å². The van der Waals surface area contributed by atoms with Gasteiger partial charge in [-0.1, -0.05) is 18.2 Å². The van der Waals surface area contributed by atoms with Crippen LogP contribution in [0, 0.1) is 18.8 Å². The SMILES string of the molecule is Cc1cc(N2C[C@@H](C(F)(F)F)[C@H](C(N)=O)C2)c2ccccc2n1. The summed E-state index contributed by atoms with van der Waals surface area (Å²) in [5.74, 6) is -3.89. The molecular weight excluding hydrogens is 307 g/mol. The van der Waals surface area contributed by atoms with E-state index in [2.05, 4.69) is 4.98 Å². The number of para-hydroxylation sites is 1. The van der Waals surface area contributed by atoms with Crippen LogP contribution in [0.3, 0.4) is 0 Å². The van der Waals surface area contributed by atoms with Gasteiger partial charge in [0.15, 0.2) is 0 Å². The van der Waals surface area contributed by atoms with Crippen molar-refractivity contribution in [3.05, 3.63) is 36.0 Å². The number of rotatable bonds is 2. The Kier molecular flexibility index (Phi) is 3.66. The number of hydrogen-bond donors (Lipinski definition) is 1. The number of alkyl halides is 3. The number of nitrogens with two attached hydrogens (primary N) is 1. The lowest BCUT2D eigenvalue weighted by molar-refractivity contribution is -0.181. The zero-order chi connectivity index (χ0) is 16.8. The standard InChI is InChI=1S/C16H16F3N3O/c1-9-6-14(10-4-2-3-5-13(10)21-9)22-7-11(15(20)23)12(8-22)16(17,18)19/h2-6,11-12H,7-8H2,1H3,(H2,20,23)/t11-,12-/m1/s1. The molecule has 1 amide bonds. The lowest BCUT2D eigenvalue weighted by Crippen LogP contribution is -2.37. The minimum atomic E-state index is -4.45. The number of anilines is 1. The third kappa shape index (κ3) is 2.83. The van der Waals surface area contributed by atoms with Crippen molar-refractivity contribution in [3.63, 3.8) is 0 Å². The van der Waals surface area contributed by atoms with Crippen LogP contribution in [0.25, 0.3) is 10.9 Å². The highest BCUT2D eigenvalue weighted by atomic mass is 19.4. The van der Waals surface area contributed by atoms with Crippen molar-refractivity contribution in [2.24, 2.45) is 17.6 Å².